The Balaban J connectivity index is 1.59. The lowest BCUT2D eigenvalue weighted by molar-refractivity contribution is -0.117. The zero-order chi connectivity index (χ0) is 15.5. The van der Waals surface area contributed by atoms with E-state index in [0.717, 1.165) is 11.4 Å². The van der Waals surface area contributed by atoms with Crippen LogP contribution in [0.3, 0.4) is 0 Å². The molecule has 0 spiro atoms. The van der Waals surface area contributed by atoms with Crippen molar-refractivity contribution < 1.29 is 4.79 Å². The van der Waals surface area contributed by atoms with Crippen LogP contribution in [0.1, 0.15) is 24.3 Å². The lowest BCUT2D eigenvalue weighted by Crippen LogP contribution is -2.24. The number of rotatable bonds is 6. The molecule has 3 rings (SSSR count). The monoisotopic (exact) mass is 314 g/mol. The standard InChI is InChI=1S/C18H19ClN2O/c19-15-7-5-13(6-8-15)12-1-3-14(4-2-12)16-11-17(16)21-10-9-18(20)22/h1-8,16-17,21H,9-11H2,(H2,20,22)/t16-,17+/m0/s1. The Bertz CT molecular complexity index is 652. The van der Waals surface area contributed by atoms with Gasteiger partial charge in [0, 0.05) is 29.9 Å². The van der Waals surface area contributed by atoms with Gasteiger partial charge in [0.1, 0.15) is 0 Å². The highest BCUT2D eigenvalue weighted by Gasteiger charge is 2.37. The maximum absolute atomic E-state index is 10.7. The van der Waals surface area contributed by atoms with Crippen LogP contribution in [-0.4, -0.2) is 18.5 Å². The van der Waals surface area contributed by atoms with Crippen LogP contribution in [0.5, 0.6) is 0 Å². The van der Waals surface area contributed by atoms with Gasteiger partial charge in [-0.1, -0.05) is 48.0 Å². The minimum atomic E-state index is -0.253. The van der Waals surface area contributed by atoms with E-state index in [0.29, 0.717) is 24.9 Å². The molecule has 1 amide bonds. The average molecular weight is 315 g/mol. The summed E-state index contributed by atoms with van der Waals surface area (Å²) in [5, 5.41) is 4.13. The van der Waals surface area contributed by atoms with Crippen LogP contribution in [0.15, 0.2) is 48.5 Å². The minimum Gasteiger partial charge on any atom is -0.370 e. The van der Waals surface area contributed by atoms with E-state index in [4.69, 9.17) is 17.3 Å². The Morgan fingerprint density at radius 2 is 1.68 bits per heavy atom. The van der Waals surface area contributed by atoms with Gasteiger partial charge in [0.05, 0.1) is 0 Å². The van der Waals surface area contributed by atoms with E-state index in [-0.39, 0.29) is 5.91 Å². The number of nitrogens with one attached hydrogen (secondary N) is 1. The molecule has 1 aliphatic carbocycles. The van der Waals surface area contributed by atoms with Crippen molar-refractivity contribution in [3.8, 4) is 11.1 Å². The van der Waals surface area contributed by atoms with Gasteiger partial charge in [0.15, 0.2) is 0 Å². The molecule has 0 unspecified atom stereocenters. The topological polar surface area (TPSA) is 55.1 Å². The third-order valence-electron chi connectivity index (χ3n) is 4.08. The zero-order valence-electron chi connectivity index (χ0n) is 12.3. The van der Waals surface area contributed by atoms with Gasteiger partial charge in [-0.05, 0) is 35.2 Å². The first-order chi connectivity index (χ1) is 10.6. The molecule has 114 valence electrons. The maximum Gasteiger partial charge on any atom is 0.218 e. The van der Waals surface area contributed by atoms with E-state index >= 15 is 0 Å². The molecular weight excluding hydrogens is 296 g/mol. The van der Waals surface area contributed by atoms with Crippen molar-refractivity contribution in [2.75, 3.05) is 6.54 Å². The van der Waals surface area contributed by atoms with E-state index in [9.17, 15) is 4.79 Å². The van der Waals surface area contributed by atoms with Crippen molar-refractivity contribution in [1.82, 2.24) is 5.32 Å². The number of nitrogens with two attached hydrogens (primary N) is 1. The molecule has 2 aromatic carbocycles. The molecular formula is C18H19ClN2O. The lowest BCUT2D eigenvalue weighted by Gasteiger charge is -2.06. The van der Waals surface area contributed by atoms with Gasteiger partial charge in [-0.2, -0.15) is 0 Å². The molecule has 4 heteroatoms. The number of hydrogen-bond donors (Lipinski definition) is 2. The van der Waals surface area contributed by atoms with Crippen LogP contribution in [0.2, 0.25) is 5.02 Å². The third kappa shape index (κ3) is 3.67. The summed E-state index contributed by atoms with van der Waals surface area (Å²) < 4.78 is 0. The fourth-order valence-electron chi connectivity index (χ4n) is 2.73. The van der Waals surface area contributed by atoms with Gasteiger partial charge in [0.2, 0.25) is 5.91 Å². The largest absolute Gasteiger partial charge is 0.370 e. The van der Waals surface area contributed by atoms with E-state index in [1.54, 1.807) is 0 Å². The summed E-state index contributed by atoms with van der Waals surface area (Å²) in [5.41, 5.74) is 8.84. The van der Waals surface area contributed by atoms with Crippen LogP contribution in [0, 0.1) is 0 Å². The Morgan fingerprint density at radius 3 is 2.27 bits per heavy atom. The van der Waals surface area contributed by atoms with Crippen LogP contribution in [0.25, 0.3) is 11.1 Å². The molecule has 0 radical (unpaired) electrons. The first-order valence-electron chi connectivity index (χ1n) is 7.51. The van der Waals surface area contributed by atoms with Crippen molar-refractivity contribution in [2.24, 2.45) is 5.73 Å². The molecule has 22 heavy (non-hydrogen) atoms. The van der Waals surface area contributed by atoms with Crippen LogP contribution >= 0.6 is 11.6 Å². The molecule has 1 saturated carbocycles. The van der Waals surface area contributed by atoms with Crippen molar-refractivity contribution in [2.45, 2.75) is 24.8 Å². The number of hydrogen-bond acceptors (Lipinski definition) is 2. The van der Waals surface area contributed by atoms with E-state index in [1.807, 2.05) is 24.3 Å². The Morgan fingerprint density at radius 1 is 1.09 bits per heavy atom. The van der Waals surface area contributed by atoms with Gasteiger partial charge in [0.25, 0.3) is 0 Å². The SMILES string of the molecule is NC(=O)CCN[C@@H]1C[C@H]1c1ccc(-c2ccc(Cl)cc2)cc1. The molecule has 0 aliphatic heterocycles. The molecule has 0 saturated heterocycles. The molecule has 0 aromatic heterocycles. The van der Waals surface area contributed by atoms with Crippen molar-refractivity contribution in [3.05, 3.63) is 59.1 Å². The summed E-state index contributed by atoms with van der Waals surface area (Å²) in [6, 6.07) is 17.0. The number of carbonyl (C=O) groups is 1. The lowest BCUT2D eigenvalue weighted by atomic mass is 10.0. The van der Waals surface area contributed by atoms with Crippen molar-refractivity contribution in [1.29, 1.82) is 0 Å². The normalized spacial score (nSPS) is 19.9. The molecule has 3 nitrogen and oxygen atoms in total. The highest BCUT2D eigenvalue weighted by Crippen LogP contribution is 2.41. The van der Waals surface area contributed by atoms with Gasteiger partial charge >= 0.3 is 0 Å². The number of amides is 1. The summed E-state index contributed by atoms with van der Waals surface area (Å²) in [5.74, 6) is 0.296. The van der Waals surface area contributed by atoms with E-state index in [2.05, 4.69) is 29.6 Å². The second-order valence-corrected chi connectivity index (χ2v) is 6.18. The molecule has 0 heterocycles. The predicted octanol–water partition coefficient (Wildman–Crippen LogP) is 3.33. The molecule has 2 atom stereocenters. The van der Waals surface area contributed by atoms with Crippen molar-refractivity contribution >= 4 is 17.5 Å². The maximum atomic E-state index is 10.7. The minimum absolute atomic E-state index is 0.253. The summed E-state index contributed by atoms with van der Waals surface area (Å²) in [7, 11) is 0. The Hall–Kier alpha value is -1.84. The van der Waals surface area contributed by atoms with Crippen LogP contribution in [0.4, 0.5) is 0 Å². The first kappa shape index (κ1) is 15.1. The van der Waals surface area contributed by atoms with Gasteiger partial charge in [-0.25, -0.2) is 0 Å². The zero-order valence-corrected chi connectivity index (χ0v) is 13.0. The van der Waals surface area contributed by atoms with Gasteiger partial charge in [-0.15, -0.1) is 0 Å². The molecule has 1 fully saturated rings. The Labute approximate surface area is 135 Å². The average Bonchev–Trinajstić information content (AvgIpc) is 3.27. The number of carbonyl (C=O) groups excluding carboxylic acids is 1. The fraction of sp³-hybridized carbons (Fsp3) is 0.278. The fourth-order valence-corrected chi connectivity index (χ4v) is 2.86. The third-order valence-corrected chi connectivity index (χ3v) is 4.34. The number of benzene rings is 2. The molecule has 1 aliphatic rings. The second kappa shape index (κ2) is 6.51. The van der Waals surface area contributed by atoms with Crippen molar-refractivity contribution in [3.63, 3.8) is 0 Å². The predicted molar refractivity (Wildman–Crippen MR) is 89.8 cm³/mol. The van der Waals surface area contributed by atoms with Gasteiger partial charge in [-0.3, -0.25) is 4.79 Å². The summed E-state index contributed by atoms with van der Waals surface area (Å²) >= 11 is 5.92. The number of halogens is 1. The first-order valence-corrected chi connectivity index (χ1v) is 7.89. The van der Waals surface area contributed by atoms with Gasteiger partial charge < -0.3 is 11.1 Å². The summed E-state index contributed by atoms with van der Waals surface area (Å²) in [6.45, 7) is 0.666. The molecule has 0 bridgehead atoms. The number of primary amides is 1. The smallest absolute Gasteiger partial charge is 0.218 e. The quantitative estimate of drug-likeness (QED) is 0.859. The molecule has 2 aromatic rings. The molecule has 3 N–H and O–H groups in total. The van der Waals surface area contributed by atoms with E-state index in [1.165, 1.54) is 16.7 Å². The Kier molecular flexibility index (Phi) is 4.46. The summed E-state index contributed by atoms with van der Waals surface area (Å²) in [4.78, 5) is 10.7. The van der Waals surface area contributed by atoms with E-state index < -0.39 is 0 Å². The second-order valence-electron chi connectivity index (χ2n) is 5.75. The van der Waals surface area contributed by atoms with Crippen LogP contribution < -0.4 is 11.1 Å². The highest BCUT2D eigenvalue weighted by atomic mass is 35.5. The van der Waals surface area contributed by atoms with Crippen LogP contribution in [-0.2, 0) is 4.79 Å². The summed E-state index contributed by atoms with van der Waals surface area (Å²) in [6.07, 6.45) is 1.53. The highest BCUT2D eigenvalue weighted by molar-refractivity contribution is 6.30.